The Balaban J connectivity index is 1.71. The lowest BCUT2D eigenvalue weighted by atomic mass is 9.84. The van der Waals surface area contributed by atoms with Crippen molar-refractivity contribution in [3.05, 3.63) is 34.9 Å². The number of unbranched alkanes of at least 4 members (excludes halogenated alkanes) is 2. The van der Waals surface area contributed by atoms with E-state index in [-0.39, 0.29) is 29.7 Å². The molecule has 2 heterocycles. The van der Waals surface area contributed by atoms with Gasteiger partial charge in [0, 0.05) is 24.6 Å². The third-order valence-electron chi connectivity index (χ3n) is 7.38. The van der Waals surface area contributed by atoms with Crippen LogP contribution < -0.4 is 20.1 Å². The first-order chi connectivity index (χ1) is 16.5. The zero-order valence-electron chi connectivity index (χ0n) is 20.8. The molecule has 6 nitrogen and oxygen atoms in total. The first-order valence-electron chi connectivity index (χ1n) is 13.2. The van der Waals surface area contributed by atoms with Crippen LogP contribution in [0, 0.1) is 11.8 Å². The lowest BCUT2D eigenvalue weighted by Gasteiger charge is -2.26. The normalized spacial score (nSPS) is 24.6. The second-order valence-corrected chi connectivity index (χ2v) is 10.2. The van der Waals surface area contributed by atoms with Gasteiger partial charge in [0.15, 0.2) is 0 Å². The molecule has 1 aromatic carbocycles. The predicted molar refractivity (Wildman–Crippen MR) is 133 cm³/mol. The number of allylic oxidation sites excluding steroid dienone is 2. The fourth-order valence-electron chi connectivity index (χ4n) is 5.35. The maximum Gasteiger partial charge on any atom is 0.315 e. The molecule has 3 atom stereocenters. The van der Waals surface area contributed by atoms with Gasteiger partial charge in [-0.05, 0) is 82.7 Å². The Kier molecular flexibility index (Phi) is 8.79. The molecule has 4 rings (SSSR count). The molecule has 6 heteroatoms. The molecule has 0 spiro atoms. The van der Waals surface area contributed by atoms with Crippen molar-refractivity contribution in [3.63, 3.8) is 0 Å². The van der Waals surface area contributed by atoms with Crippen molar-refractivity contribution in [2.75, 3.05) is 26.2 Å². The maximum absolute atomic E-state index is 13.0. The number of nitrogens with one attached hydrogen (secondary N) is 2. The van der Waals surface area contributed by atoms with E-state index in [2.05, 4.69) is 30.6 Å². The highest BCUT2D eigenvalue weighted by atomic mass is 16.5. The fraction of sp³-hybridized carbons (Fsp3) is 0.643. The van der Waals surface area contributed by atoms with Gasteiger partial charge in [0.1, 0.15) is 11.5 Å². The van der Waals surface area contributed by atoms with E-state index in [0.29, 0.717) is 24.6 Å². The van der Waals surface area contributed by atoms with Crippen LogP contribution in [0.5, 0.6) is 11.5 Å². The standard InChI is InChI=1S/C28H40N2O4/c1-3-4-5-8-20-15-24(33-27(31)22-10-12-29-17-22)26(21-9-6-7-19(2)14-21)25(16-20)34-28(32)23-11-13-30-18-23/h14-16,21-23,29-30H,3-13,17-18H2,1-2H3/t21-,22?,23?/m0/s1. The Hall–Kier alpha value is -2.18. The van der Waals surface area contributed by atoms with E-state index in [1.165, 1.54) is 5.57 Å². The van der Waals surface area contributed by atoms with Crippen LogP contribution in [0.2, 0.25) is 0 Å². The number of hydrogen-bond acceptors (Lipinski definition) is 6. The van der Waals surface area contributed by atoms with Crippen molar-refractivity contribution in [3.8, 4) is 11.5 Å². The number of rotatable bonds is 9. The molecule has 0 aromatic heterocycles. The topological polar surface area (TPSA) is 76.7 Å². The van der Waals surface area contributed by atoms with Crippen LogP contribution >= 0.6 is 0 Å². The summed E-state index contributed by atoms with van der Waals surface area (Å²) >= 11 is 0. The number of ether oxygens (including phenoxy) is 2. The second-order valence-electron chi connectivity index (χ2n) is 10.2. The number of aryl methyl sites for hydroxylation is 1. The van der Waals surface area contributed by atoms with Gasteiger partial charge in [-0.2, -0.15) is 0 Å². The number of carbonyl (C=O) groups excluding carboxylic acids is 2. The van der Waals surface area contributed by atoms with Crippen LogP contribution in [0.4, 0.5) is 0 Å². The molecule has 1 aromatic rings. The van der Waals surface area contributed by atoms with Crippen LogP contribution in [0.3, 0.4) is 0 Å². The lowest BCUT2D eigenvalue weighted by molar-refractivity contribution is -0.138. The first-order valence-corrected chi connectivity index (χ1v) is 13.2. The van der Waals surface area contributed by atoms with E-state index in [1.807, 2.05) is 12.1 Å². The smallest absolute Gasteiger partial charge is 0.315 e. The van der Waals surface area contributed by atoms with E-state index in [9.17, 15) is 9.59 Å². The molecule has 186 valence electrons. The van der Waals surface area contributed by atoms with E-state index in [4.69, 9.17) is 9.47 Å². The van der Waals surface area contributed by atoms with Gasteiger partial charge in [-0.1, -0.05) is 31.4 Å². The first kappa shape index (κ1) is 24.9. The van der Waals surface area contributed by atoms with Crippen LogP contribution in [0.1, 0.15) is 82.3 Å². The minimum atomic E-state index is -0.189. The summed E-state index contributed by atoms with van der Waals surface area (Å²) in [4.78, 5) is 26.1. The summed E-state index contributed by atoms with van der Waals surface area (Å²) in [7, 11) is 0. The Bertz CT molecular complexity index is 847. The molecule has 2 unspecified atom stereocenters. The van der Waals surface area contributed by atoms with Crippen molar-refractivity contribution in [2.45, 2.75) is 77.6 Å². The molecule has 3 aliphatic rings. The second kappa shape index (κ2) is 12.0. The third-order valence-corrected chi connectivity index (χ3v) is 7.38. The maximum atomic E-state index is 13.0. The zero-order chi connectivity index (χ0) is 23.9. The van der Waals surface area contributed by atoms with Gasteiger partial charge in [0.25, 0.3) is 0 Å². The van der Waals surface area contributed by atoms with Gasteiger partial charge in [-0.15, -0.1) is 0 Å². The molecule has 0 saturated carbocycles. The predicted octanol–water partition coefficient (Wildman–Crippen LogP) is 4.66. The summed E-state index contributed by atoms with van der Waals surface area (Å²) in [5.74, 6) is 0.596. The number of carbonyl (C=O) groups is 2. The summed E-state index contributed by atoms with van der Waals surface area (Å²) in [6.45, 7) is 7.33. The summed E-state index contributed by atoms with van der Waals surface area (Å²) in [6.07, 6.45) is 11.2. The van der Waals surface area contributed by atoms with Crippen molar-refractivity contribution < 1.29 is 19.1 Å². The van der Waals surface area contributed by atoms with Crippen molar-refractivity contribution in [2.24, 2.45) is 11.8 Å². The molecular formula is C28H40N2O4. The number of benzene rings is 1. The van der Waals surface area contributed by atoms with Gasteiger partial charge >= 0.3 is 11.9 Å². The largest absolute Gasteiger partial charge is 0.426 e. The molecule has 2 aliphatic heterocycles. The monoisotopic (exact) mass is 468 g/mol. The van der Waals surface area contributed by atoms with Crippen LogP contribution in [0.25, 0.3) is 0 Å². The molecule has 34 heavy (non-hydrogen) atoms. The summed E-state index contributed by atoms with van der Waals surface area (Å²) in [5, 5.41) is 6.50. The highest BCUT2D eigenvalue weighted by Crippen LogP contribution is 2.43. The molecule has 1 aliphatic carbocycles. The van der Waals surface area contributed by atoms with Gasteiger partial charge in [0.05, 0.1) is 11.8 Å². The molecule has 2 N–H and O–H groups in total. The fourth-order valence-corrected chi connectivity index (χ4v) is 5.35. The van der Waals surface area contributed by atoms with Gasteiger partial charge in [-0.3, -0.25) is 9.59 Å². The molecule has 0 amide bonds. The highest BCUT2D eigenvalue weighted by Gasteiger charge is 2.31. The third kappa shape index (κ3) is 6.28. The molecule has 2 saturated heterocycles. The van der Waals surface area contributed by atoms with Crippen molar-refractivity contribution in [1.82, 2.24) is 10.6 Å². The van der Waals surface area contributed by atoms with Gasteiger partial charge < -0.3 is 20.1 Å². The molecular weight excluding hydrogens is 428 g/mol. The zero-order valence-corrected chi connectivity index (χ0v) is 20.8. The van der Waals surface area contributed by atoms with Crippen molar-refractivity contribution in [1.29, 1.82) is 0 Å². The number of esters is 2. The molecule has 2 fully saturated rings. The van der Waals surface area contributed by atoms with Crippen molar-refractivity contribution >= 4 is 11.9 Å². The highest BCUT2D eigenvalue weighted by molar-refractivity contribution is 5.79. The molecule has 0 bridgehead atoms. The average molecular weight is 469 g/mol. The van der Waals surface area contributed by atoms with E-state index in [0.717, 1.165) is 82.0 Å². The van der Waals surface area contributed by atoms with E-state index in [1.54, 1.807) is 0 Å². The quantitative estimate of drug-likeness (QED) is 0.238. The minimum absolute atomic E-state index is 0.0763. The summed E-state index contributed by atoms with van der Waals surface area (Å²) in [5.41, 5.74) is 3.25. The van der Waals surface area contributed by atoms with E-state index < -0.39 is 0 Å². The molecule has 0 radical (unpaired) electrons. The Morgan fingerprint density at radius 3 is 2.06 bits per heavy atom. The average Bonchev–Trinajstić information content (AvgIpc) is 3.54. The SMILES string of the molecule is CCCCCc1cc(OC(=O)C2CCNC2)c([C@@H]2C=C(C)CCC2)c(OC(=O)C2CCNC2)c1. The Labute approximate surface area is 203 Å². The Morgan fingerprint density at radius 2 is 1.56 bits per heavy atom. The van der Waals surface area contributed by atoms with Crippen LogP contribution in [0.15, 0.2) is 23.8 Å². The Morgan fingerprint density at radius 1 is 0.941 bits per heavy atom. The lowest BCUT2D eigenvalue weighted by Crippen LogP contribution is -2.25. The summed E-state index contributed by atoms with van der Waals surface area (Å²) < 4.78 is 12.2. The summed E-state index contributed by atoms with van der Waals surface area (Å²) in [6, 6.07) is 4.05. The van der Waals surface area contributed by atoms with Crippen LogP contribution in [-0.4, -0.2) is 38.1 Å². The van der Waals surface area contributed by atoms with E-state index >= 15 is 0 Å². The minimum Gasteiger partial charge on any atom is -0.426 e. The van der Waals surface area contributed by atoms with Gasteiger partial charge in [-0.25, -0.2) is 0 Å². The van der Waals surface area contributed by atoms with Gasteiger partial charge in [0.2, 0.25) is 0 Å². The van der Waals surface area contributed by atoms with Crippen LogP contribution in [-0.2, 0) is 16.0 Å². The number of hydrogen-bond donors (Lipinski definition) is 2.